The van der Waals surface area contributed by atoms with E-state index in [-0.39, 0.29) is 11.8 Å². The van der Waals surface area contributed by atoms with E-state index in [0.29, 0.717) is 24.5 Å². The molecule has 0 atom stereocenters. The van der Waals surface area contributed by atoms with Gasteiger partial charge in [-0.2, -0.15) is 0 Å². The first-order chi connectivity index (χ1) is 12.5. The molecule has 1 aromatic heterocycles. The van der Waals surface area contributed by atoms with E-state index in [1.54, 1.807) is 37.4 Å². The Kier molecular flexibility index (Phi) is 5.58. The number of amides is 2. The van der Waals surface area contributed by atoms with Crippen LogP contribution in [0.1, 0.15) is 20.1 Å². The first-order valence-corrected chi connectivity index (χ1v) is 9.28. The maximum atomic E-state index is 12.4. The molecule has 1 aliphatic heterocycles. The van der Waals surface area contributed by atoms with Crippen molar-refractivity contribution in [3.63, 3.8) is 0 Å². The zero-order chi connectivity index (χ0) is 18.7. The van der Waals surface area contributed by atoms with Crippen molar-refractivity contribution in [1.82, 2.24) is 9.80 Å². The third kappa shape index (κ3) is 4.05. The molecule has 0 radical (unpaired) electrons. The number of fused-ring (bicyclic) bond motifs is 1. The molecule has 3 rings (SSSR count). The van der Waals surface area contributed by atoms with Crippen molar-refractivity contribution in [3.05, 3.63) is 45.6 Å². The standard InChI is InChI=1S/C19H23N3O3S/c1-21(2)19(24)17-10-13-11-22(9-8-16(13)26-17)12-18(23)20-14-6-4-5-7-15(14)25-3/h4-7,10H,8-9,11-12H2,1-3H3,(H,20,23). The Balaban J connectivity index is 1.62. The van der Waals surface area contributed by atoms with Crippen molar-refractivity contribution >= 4 is 28.8 Å². The van der Waals surface area contributed by atoms with Crippen LogP contribution < -0.4 is 10.1 Å². The summed E-state index contributed by atoms with van der Waals surface area (Å²) in [6.07, 6.45) is 0.864. The number of para-hydroxylation sites is 2. The molecule has 1 aromatic carbocycles. The van der Waals surface area contributed by atoms with Gasteiger partial charge >= 0.3 is 0 Å². The Morgan fingerprint density at radius 1 is 1.31 bits per heavy atom. The summed E-state index contributed by atoms with van der Waals surface area (Å²) in [5.41, 5.74) is 1.82. The number of carbonyl (C=O) groups excluding carboxylic acids is 2. The number of benzene rings is 1. The number of nitrogens with zero attached hydrogens (tertiary/aromatic N) is 2. The second-order valence-corrected chi connectivity index (χ2v) is 7.60. The molecule has 2 amide bonds. The maximum absolute atomic E-state index is 12.4. The summed E-state index contributed by atoms with van der Waals surface area (Å²) in [6, 6.07) is 9.33. The minimum atomic E-state index is -0.0715. The lowest BCUT2D eigenvalue weighted by Crippen LogP contribution is -2.36. The van der Waals surface area contributed by atoms with Gasteiger partial charge in [0.1, 0.15) is 5.75 Å². The predicted octanol–water partition coefficient (Wildman–Crippen LogP) is 2.46. The summed E-state index contributed by atoms with van der Waals surface area (Å²) in [5, 5.41) is 2.91. The lowest BCUT2D eigenvalue weighted by Gasteiger charge is -2.26. The summed E-state index contributed by atoms with van der Waals surface area (Å²) in [7, 11) is 5.10. The molecule has 2 aromatic rings. The van der Waals surface area contributed by atoms with E-state index in [1.807, 2.05) is 30.3 Å². The third-order valence-corrected chi connectivity index (χ3v) is 5.54. The molecular formula is C19H23N3O3S. The largest absolute Gasteiger partial charge is 0.495 e. The van der Waals surface area contributed by atoms with Crippen LogP contribution in [0, 0.1) is 0 Å². The highest BCUT2D eigenvalue weighted by molar-refractivity contribution is 7.14. The van der Waals surface area contributed by atoms with Crippen LogP contribution in [0.5, 0.6) is 5.75 Å². The van der Waals surface area contributed by atoms with Crippen LogP contribution >= 0.6 is 11.3 Å². The van der Waals surface area contributed by atoms with Crippen LogP contribution in [-0.2, 0) is 17.8 Å². The molecule has 2 heterocycles. The third-order valence-electron chi connectivity index (χ3n) is 4.31. The van der Waals surface area contributed by atoms with Gasteiger partial charge in [-0.3, -0.25) is 14.5 Å². The molecule has 6 nitrogen and oxygen atoms in total. The molecule has 0 bridgehead atoms. The molecule has 1 N–H and O–H groups in total. The Morgan fingerprint density at radius 3 is 2.81 bits per heavy atom. The SMILES string of the molecule is COc1ccccc1NC(=O)CN1CCc2sc(C(=O)N(C)C)cc2C1. The van der Waals surface area contributed by atoms with E-state index in [4.69, 9.17) is 4.74 Å². The number of hydrogen-bond donors (Lipinski definition) is 1. The molecular weight excluding hydrogens is 350 g/mol. The van der Waals surface area contributed by atoms with Crippen LogP contribution in [0.15, 0.2) is 30.3 Å². The van der Waals surface area contributed by atoms with Gasteiger partial charge in [0.15, 0.2) is 0 Å². The van der Waals surface area contributed by atoms with Gasteiger partial charge in [0.05, 0.1) is 24.2 Å². The highest BCUT2D eigenvalue weighted by atomic mass is 32.1. The molecule has 0 saturated heterocycles. The Labute approximate surface area is 157 Å². The molecule has 138 valence electrons. The first kappa shape index (κ1) is 18.4. The quantitative estimate of drug-likeness (QED) is 0.875. The zero-order valence-electron chi connectivity index (χ0n) is 15.2. The summed E-state index contributed by atoms with van der Waals surface area (Å²) in [6.45, 7) is 1.80. The Bertz CT molecular complexity index is 816. The smallest absolute Gasteiger partial charge is 0.263 e. The van der Waals surface area contributed by atoms with Crippen molar-refractivity contribution in [3.8, 4) is 5.75 Å². The summed E-state index contributed by atoms with van der Waals surface area (Å²) in [5.74, 6) is 0.606. The molecule has 7 heteroatoms. The number of carbonyl (C=O) groups is 2. The second-order valence-electron chi connectivity index (χ2n) is 6.47. The minimum Gasteiger partial charge on any atom is -0.495 e. The predicted molar refractivity (Wildman–Crippen MR) is 103 cm³/mol. The van der Waals surface area contributed by atoms with E-state index >= 15 is 0 Å². The summed E-state index contributed by atoms with van der Waals surface area (Å²) >= 11 is 1.57. The van der Waals surface area contributed by atoms with Gasteiger partial charge in [-0.15, -0.1) is 11.3 Å². The highest BCUT2D eigenvalue weighted by Crippen LogP contribution is 2.29. The molecule has 0 fully saturated rings. The van der Waals surface area contributed by atoms with Crippen molar-refractivity contribution in [2.24, 2.45) is 0 Å². The van der Waals surface area contributed by atoms with Crippen molar-refractivity contribution in [1.29, 1.82) is 0 Å². The normalized spacial score (nSPS) is 13.8. The van der Waals surface area contributed by atoms with Gasteiger partial charge in [-0.25, -0.2) is 0 Å². The van der Waals surface area contributed by atoms with Crippen LogP contribution in [0.2, 0.25) is 0 Å². The van der Waals surface area contributed by atoms with E-state index < -0.39 is 0 Å². The fourth-order valence-corrected chi connectivity index (χ4v) is 4.18. The monoisotopic (exact) mass is 373 g/mol. The Morgan fingerprint density at radius 2 is 2.08 bits per heavy atom. The lowest BCUT2D eigenvalue weighted by atomic mass is 10.1. The van der Waals surface area contributed by atoms with Gasteiger partial charge in [0.2, 0.25) is 5.91 Å². The molecule has 0 saturated carbocycles. The molecule has 0 spiro atoms. The molecule has 0 unspecified atom stereocenters. The average molecular weight is 373 g/mol. The van der Waals surface area contributed by atoms with E-state index in [1.165, 1.54) is 4.88 Å². The van der Waals surface area contributed by atoms with Crippen LogP contribution in [0.25, 0.3) is 0 Å². The van der Waals surface area contributed by atoms with Crippen LogP contribution in [0.3, 0.4) is 0 Å². The van der Waals surface area contributed by atoms with Crippen LogP contribution in [-0.4, -0.2) is 55.9 Å². The second kappa shape index (κ2) is 7.88. The summed E-state index contributed by atoms with van der Waals surface area (Å²) in [4.78, 5) is 30.2. The minimum absolute atomic E-state index is 0.0323. The van der Waals surface area contributed by atoms with Crippen molar-refractivity contribution in [2.45, 2.75) is 13.0 Å². The maximum Gasteiger partial charge on any atom is 0.263 e. The van der Waals surface area contributed by atoms with Gasteiger partial charge in [-0.05, 0) is 30.2 Å². The molecule has 1 aliphatic rings. The number of rotatable bonds is 5. The number of anilines is 1. The average Bonchev–Trinajstić information content (AvgIpc) is 3.04. The van der Waals surface area contributed by atoms with Gasteiger partial charge in [0, 0.05) is 32.1 Å². The number of methoxy groups -OCH3 is 1. The highest BCUT2D eigenvalue weighted by Gasteiger charge is 2.23. The lowest BCUT2D eigenvalue weighted by molar-refractivity contribution is -0.117. The number of nitrogens with one attached hydrogen (secondary N) is 1. The fourth-order valence-electron chi connectivity index (χ4n) is 2.99. The van der Waals surface area contributed by atoms with Crippen molar-refractivity contribution in [2.75, 3.05) is 39.6 Å². The topological polar surface area (TPSA) is 61.9 Å². The number of ether oxygens (including phenoxy) is 1. The van der Waals surface area contributed by atoms with E-state index in [0.717, 1.165) is 23.4 Å². The van der Waals surface area contributed by atoms with Gasteiger partial charge in [-0.1, -0.05) is 12.1 Å². The van der Waals surface area contributed by atoms with E-state index in [2.05, 4.69) is 10.2 Å². The Hall–Kier alpha value is -2.38. The van der Waals surface area contributed by atoms with Crippen LogP contribution in [0.4, 0.5) is 5.69 Å². The fraction of sp³-hybridized carbons (Fsp3) is 0.368. The molecule has 0 aliphatic carbocycles. The van der Waals surface area contributed by atoms with E-state index in [9.17, 15) is 9.59 Å². The molecule has 26 heavy (non-hydrogen) atoms. The van der Waals surface area contributed by atoms with Gasteiger partial charge < -0.3 is 15.0 Å². The number of thiophene rings is 1. The summed E-state index contributed by atoms with van der Waals surface area (Å²) < 4.78 is 5.26. The first-order valence-electron chi connectivity index (χ1n) is 8.46. The van der Waals surface area contributed by atoms with Crippen molar-refractivity contribution < 1.29 is 14.3 Å². The number of hydrogen-bond acceptors (Lipinski definition) is 5. The van der Waals surface area contributed by atoms with Gasteiger partial charge in [0.25, 0.3) is 5.91 Å². The zero-order valence-corrected chi connectivity index (χ0v) is 16.1.